The van der Waals surface area contributed by atoms with Crippen LogP contribution >= 0.6 is 11.6 Å². The van der Waals surface area contributed by atoms with Gasteiger partial charge in [0.05, 0.1) is 35.4 Å². The molecule has 0 spiro atoms. The molecule has 0 bridgehead atoms. The topological polar surface area (TPSA) is 106 Å². The highest BCUT2D eigenvalue weighted by atomic mass is 35.5. The van der Waals surface area contributed by atoms with Gasteiger partial charge in [-0.2, -0.15) is 0 Å². The number of nitrogens with zero attached hydrogens (tertiary/aromatic N) is 2. The molecule has 0 saturated carbocycles. The molecule has 0 radical (unpaired) electrons. The molecular weight excluding hydrogens is 484 g/mol. The third kappa shape index (κ3) is 4.67. The van der Waals surface area contributed by atoms with E-state index in [9.17, 15) is 19.5 Å². The van der Waals surface area contributed by atoms with Crippen molar-refractivity contribution in [3.63, 3.8) is 0 Å². The van der Waals surface area contributed by atoms with Gasteiger partial charge in [0.2, 0.25) is 0 Å². The summed E-state index contributed by atoms with van der Waals surface area (Å²) in [6, 6.07) is 13.1. The zero-order chi connectivity index (χ0) is 26.0. The minimum atomic E-state index is -0.942. The van der Waals surface area contributed by atoms with Crippen LogP contribution in [0.5, 0.6) is 5.75 Å². The molecule has 3 aromatic rings. The van der Waals surface area contributed by atoms with Crippen molar-refractivity contribution in [2.24, 2.45) is 0 Å². The number of halogens is 1. The van der Waals surface area contributed by atoms with Crippen molar-refractivity contribution in [3.8, 4) is 5.75 Å². The summed E-state index contributed by atoms with van der Waals surface area (Å²) >= 11 is 6.11. The number of pyridine rings is 1. The first-order valence-corrected chi connectivity index (χ1v) is 11.5. The van der Waals surface area contributed by atoms with E-state index < -0.39 is 23.7 Å². The highest BCUT2D eigenvalue weighted by Crippen LogP contribution is 2.42. The number of anilines is 1. The summed E-state index contributed by atoms with van der Waals surface area (Å²) in [6.45, 7) is 3.49. The zero-order valence-corrected chi connectivity index (χ0v) is 20.5. The molecule has 184 valence electrons. The monoisotopic (exact) mass is 506 g/mol. The van der Waals surface area contributed by atoms with E-state index in [1.807, 2.05) is 0 Å². The number of Topliss-reactive ketones (excluding diaryl/α,β-unsaturated/α-hetero) is 1. The lowest BCUT2D eigenvalue weighted by molar-refractivity contribution is -0.132. The smallest absolute Gasteiger partial charge is 0.338 e. The first kappa shape index (κ1) is 24.9. The largest absolute Gasteiger partial charge is 0.507 e. The molecule has 9 heteroatoms. The van der Waals surface area contributed by atoms with Crippen molar-refractivity contribution in [1.82, 2.24) is 4.98 Å². The molecule has 4 rings (SSSR count). The molecule has 2 heterocycles. The van der Waals surface area contributed by atoms with Gasteiger partial charge in [0.15, 0.2) is 0 Å². The van der Waals surface area contributed by atoms with E-state index in [-0.39, 0.29) is 23.0 Å². The number of aliphatic hydroxyl groups is 1. The van der Waals surface area contributed by atoms with Crippen LogP contribution < -0.4 is 9.64 Å². The average Bonchev–Trinajstić information content (AvgIpc) is 3.14. The fourth-order valence-electron chi connectivity index (χ4n) is 3.96. The number of amides is 1. The highest BCUT2D eigenvalue weighted by Gasteiger charge is 2.47. The molecule has 1 atom stereocenters. The number of ether oxygens (including phenoxy) is 2. The second kappa shape index (κ2) is 10.2. The summed E-state index contributed by atoms with van der Waals surface area (Å²) in [5, 5.41) is 11.6. The van der Waals surface area contributed by atoms with E-state index >= 15 is 0 Å². The number of aliphatic hydroxyl groups excluding tert-OH is 1. The number of carbonyl (C=O) groups excluding carboxylic acids is 3. The van der Waals surface area contributed by atoms with Crippen LogP contribution in [0, 0.1) is 0 Å². The summed E-state index contributed by atoms with van der Waals surface area (Å²) in [7, 11) is 1.43. The van der Waals surface area contributed by atoms with Crippen molar-refractivity contribution in [1.29, 1.82) is 0 Å². The normalized spacial score (nSPS) is 16.9. The molecule has 1 unspecified atom stereocenters. The Hall–Kier alpha value is -4.17. The Bertz CT molecular complexity index is 1350. The third-order valence-corrected chi connectivity index (χ3v) is 5.93. The van der Waals surface area contributed by atoms with Crippen LogP contribution in [0.15, 0.2) is 72.6 Å². The molecule has 1 aromatic heterocycles. The molecule has 1 N–H and O–H groups in total. The van der Waals surface area contributed by atoms with Crippen LogP contribution in [0.4, 0.5) is 5.69 Å². The van der Waals surface area contributed by atoms with Gasteiger partial charge >= 0.3 is 5.97 Å². The molecular formula is C27H23ClN2O6. The minimum Gasteiger partial charge on any atom is -0.507 e. The lowest BCUT2D eigenvalue weighted by Crippen LogP contribution is -2.29. The lowest BCUT2D eigenvalue weighted by atomic mass is 9.95. The van der Waals surface area contributed by atoms with Crippen LogP contribution in [-0.2, 0) is 14.3 Å². The van der Waals surface area contributed by atoms with Gasteiger partial charge in [0.25, 0.3) is 11.7 Å². The summed E-state index contributed by atoms with van der Waals surface area (Å²) in [4.78, 5) is 44.0. The van der Waals surface area contributed by atoms with Crippen molar-refractivity contribution in [2.75, 3.05) is 12.0 Å². The van der Waals surface area contributed by atoms with E-state index in [1.165, 1.54) is 54.7 Å². The molecule has 2 aromatic carbocycles. The second-order valence-electron chi connectivity index (χ2n) is 8.30. The number of benzene rings is 2. The van der Waals surface area contributed by atoms with Gasteiger partial charge in [-0.15, -0.1) is 0 Å². The maximum atomic E-state index is 13.3. The molecule has 1 saturated heterocycles. The summed E-state index contributed by atoms with van der Waals surface area (Å²) in [5.74, 6) is -2.24. The third-order valence-electron chi connectivity index (χ3n) is 5.61. The summed E-state index contributed by atoms with van der Waals surface area (Å²) in [6.07, 6.45) is 2.78. The number of methoxy groups -OCH3 is 1. The van der Waals surface area contributed by atoms with E-state index in [2.05, 4.69) is 4.98 Å². The number of carbonyl (C=O) groups is 3. The van der Waals surface area contributed by atoms with Gasteiger partial charge in [0.1, 0.15) is 11.5 Å². The molecule has 36 heavy (non-hydrogen) atoms. The van der Waals surface area contributed by atoms with Crippen molar-refractivity contribution >= 4 is 40.7 Å². The molecule has 1 fully saturated rings. The predicted molar refractivity (Wildman–Crippen MR) is 134 cm³/mol. The Balaban J connectivity index is 1.83. The second-order valence-corrected chi connectivity index (χ2v) is 8.71. The first-order valence-electron chi connectivity index (χ1n) is 11.1. The number of hydrogen-bond acceptors (Lipinski definition) is 7. The quantitative estimate of drug-likeness (QED) is 0.218. The van der Waals surface area contributed by atoms with Crippen LogP contribution in [0.3, 0.4) is 0 Å². The van der Waals surface area contributed by atoms with Gasteiger partial charge in [-0.25, -0.2) is 4.79 Å². The van der Waals surface area contributed by atoms with Gasteiger partial charge < -0.3 is 14.6 Å². The van der Waals surface area contributed by atoms with E-state index in [0.29, 0.717) is 27.6 Å². The SMILES string of the molecule is COc1cc(/C(O)=C2/C(=O)C(=O)N(c3ccc(C(=O)OC(C)C)cc3)C2c2ccncc2)ccc1Cl. The first-order chi connectivity index (χ1) is 17.2. The number of ketones is 1. The molecule has 1 amide bonds. The van der Waals surface area contributed by atoms with Gasteiger partial charge in [-0.3, -0.25) is 19.5 Å². The Labute approximate surface area is 212 Å². The fourth-order valence-corrected chi connectivity index (χ4v) is 4.16. The Morgan fingerprint density at radius 1 is 1.03 bits per heavy atom. The minimum absolute atomic E-state index is 0.0983. The lowest BCUT2D eigenvalue weighted by Gasteiger charge is -2.25. The molecule has 1 aliphatic rings. The highest BCUT2D eigenvalue weighted by molar-refractivity contribution is 6.51. The predicted octanol–water partition coefficient (Wildman–Crippen LogP) is 4.94. The van der Waals surface area contributed by atoms with Gasteiger partial charge in [-0.1, -0.05) is 11.6 Å². The standard InChI is InChI=1S/C27H23ClN2O6/c1-15(2)36-27(34)17-4-7-19(8-5-17)30-23(16-10-12-29-13-11-16)22(25(32)26(30)33)24(31)18-6-9-20(28)21(14-18)35-3/h4-15,23,31H,1-3H3/b24-22-. The average molecular weight is 507 g/mol. The maximum Gasteiger partial charge on any atom is 0.338 e. The Kier molecular flexibility index (Phi) is 7.07. The van der Waals surface area contributed by atoms with E-state index in [0.717, 1.165) is 0 Å². The number of esters is 1. The Morgan fingerprint density at radius 2 is 1.67 bits per heavy atom. The maximum absolute atomic E-state index is 13.3. The van der Waals surface area contributed by atoms with Gasteiger partial charge in [0, 0.05) is 23.6 Å². The molecule has 8 nitrogen and oxygen atoms in total. The summed E-state index contributed by atoms with van der Waals surface area (Å²) < 4.78 is 10.4. The molecule has 1 aliphatic heterocycles. The summed E-state index contributed by atoms with van der Waals surface area (Å²) in [5.41, 5.74) is 1.40. The fraction of sp³-hybridized carbons (Fsp3) is 0.185. The van der Waals surface area contributed by atoms with Crippen LogP contribution in [0.25, 0.3) is 5.76 Å². The van der Waals surface area contributed by atoms with Crippen molar-refractivity contribution in [3.05, 3.63) is 94.3 Å². The van der Waals surface area contributed by atoms with Crippen LogP contribution in [0.2, 0.25) is 5.02 Å². The molecule has 0 aliphatic carbocycles. The number of hydrogen-bond donors (Lipinski definition) is 1. The van der Waals surface area contributed by atoms with E-state index in [4.69, 9.17) is 21.1 Å². The number of aromatic nitrogens is 1. The van der Waals surface area contributed by atoms with Crippen molar-refractivity contribution in [2.45, 2.75) is 26.0 Å². The zero-order valence-electron chi connectivity index (χ0n) is 19.8. The number of rotatable bonds is 6. The van der Waals surface area contributed by atoms with Crippen molar-refractivity contribution < 1.29 is 29.0 Å². The van der Waals surface area contributed by atoms with Gasteiger partial charge in [-0.05, 0) is 74.0 Å². The van der Waals surface area contributed by atoms with E-state index in [1.54, 1.807) is 38.1 Å². The van der Waals surface area contributed by atoms with Crippen LogP contribution in [0.1, 0.15) is 41.4 Å². The van der Waals surface area contributed by atoms with Crippen LogP contribution in [-0.4, -0.2) is 41.0 Å². The Morgan fingerprint density at radius 3 is 2.28 bits per heavy atom.